The first-order chi connectivity index (χ1) is 16.4. The van der Waals surface area contributed by atoms with Gasteiger partial charge in [-0.25, -0.2) is 33.1 Å². The van der Waals surface area contributed by atoms with Crippen LogP contribution in [-0.2, 0) is 10.0 Å². The van der Waals surface area contributed by atoms with Gasteiger partial charge in [0.2, 0.25) is 5.95 Å². The highest BCUT2D eigenvalue weighted by atomic mass is 32.2. The third-order valence-electron chi connectivity index (χ3n) is 4.51. The number of hydrogen-bond acceptors (Lipinski definition) is 9. The van der Waals surface area contributed by atoms with Crippen LogP contribution in [0.1, 0.15) is 15.9 Å². The van der Waals surface area contributed by atoms with E-state index in [9.17, 15) is 13.2 Å². The number of sulfonamides is 1. The largest absolute Gasteiger partial charge is 0.340 e. The van der Waals surface area contributed by atoms with Crippen molar-refractivity contribution in [2.45, 2.75) is 17.0 Å². The molecule has 0 saturated heterocycles. The number of benzene rings is 2. The van der Waals surface area contributed by atoms with Crippen LogP contribution >= 0.6 is 11.8 Å². The van der Waals surface area contributed by atoms with Gasteiger partial charge in [-0.1, -0.05) is 42.1 Å². The van der Waals surface area contributed by atoms with Gasteiger partial charge in [-0.3, -0.25) is 4.79 Å². The number of Topliss-reactive ketones (excluding diaryl/α,β-unsaturated/α-hetero) is 1. The molecule has 4 aromatic rings. The molecule has 0 atom stereocenters. The minimum absolute atomic E-state index is 0.00422. The Bertz CT molecular complexity index is 1380. The maximum absolute atomic E-state index is 12.6. The summed E-state index contributed by atoms with van der Waals surface area (Å²) in [5.41, 5.74) is 2.11. The molecule has 0 amide bonds. The molecule has 2 aromatic heterocycles. The fraction of sp³-hybridized carbons (Fsp3) is 0.0870. The van der Waals surface area contributed by atoms with E-state index in [0.717, 1.165) is 5.56 Å². The molecule has 0 aliphatic carbocycles. The second kappa shape index (κ2) is 10.4. The predicted octanol–water partition coefficient (Wildman–Crippen LogP) is 4.09. The summed E-state index contributed by atoms with van der Waals surface area (Å²) in [6.07, 6.45) is 4.66. The summed E-state index contributed by atoms with van der Waals surface area (Å²) >= 11 is 1.24. The van der Waals surface area contributed by atoms with Crippen LogP contribution in [0.4, 0.5) is 17.5 Å². The first-order valence-electron chi connectivity index (χ1n) is 10.1. The number of nitrogens with one attached hydrogen (secondary N) is 2. The van der Waals surface area contributed by atoms with Gasteiger partial charge in [-0.2, -0.15) is 0 Å². The van der Waals surface area contributed by atoms with Crippen LogP contribution in [-0.4, -0.2) is 39.9 Å². The fourth-order valence-electron chi connectivity index (χ4n) is 2.81. The van der Waals surface area contributed by atoms with E-state index in [-0.39, 0.29) is 22.4 Å². The van der Waals surface area contributed by atoms with Crippen molar-refractivity contribution in [3.05, 3.63) is 90.4 Å². The molecule has 0 spiro atoms. The molecular formula is C23H20N6O3S2. The lowest BCUT2D eigenvalue weighted by Gasteiger charge is -2.09. The van der Waals surface area contributed by atoms with Crippen LogP contribution < -0.4 is 10.0 Å². The third kappa shape index (κ3) is 6.15. The number of carbonyl (C=O) groups is 1. The van der Waals surface area contributed by atoms with E-state index in [1.54, 1.807) is 36.5 Å². The van der Waals surface area contributed by atoms with Crippen LogP contribution in [0.25, 0.3) is 0 Å². The van der Waals surface area contributed by atoms with Crippen molar-refractivity contribution in [2.75, 3.05) is 15.8 Å². The fourth-order valence-corrected chi connectivity index (χ4v) is 4.49. The minimum atomic E-state index is -3.82. The second-order valence-corrected chi connectivity index (χ2v) is 9.77. The molecule has 0 fully saturated rings. The SMILES string of the molecule is Cc1cnc(NS(=O)(=O)c2ccc(Nc3ccnc(SCC(=O)c4ccccc4)n3)cc2)nc1. The highest BCUT2D eigenvalue weighted by Gasteiger charge is 2.15. The van der Waals surface area contributed by atoms with Gasteiger partial charge in [0.05, 0.1) is 10.6 Å². The van der Waals surface area contributed by atoms with Crippen LogP contribution in [0.3, 0.4) is 0 Å². The van der Waals surface area contributed by atoms with Crippen molar-refractivity contribution in [1.82, 2.24) is 19.9 Å². The van der Waals surface area contributed by atoms with Gasteiger partial charge < -0.3 is 5.32 Å². The lowest BCUT2D eigenvalue weighted by molar-refractivity contribution is 0.102. The Kier molecular flexibility index (Phi) is 7.14. The zero-order valence-corrected chi connectivity index (χ0v) is 19.7. The van der Waals surface area contributed by atoms with Crippen molar-refractivity contribution in [3.8, 4) is 0 Å². The van der Waals surface area contributed by atoms with E-state index in [4.69, 9.17) is 0 Å². The molecule has 172 valence electrons. The smallest absolute Gasteiger partial charge is 0.264 e. The summed E-state index contributed by atoms with van der Waals surface area (Å²) in [7, 11) is -3.82. The number of aryl methyl sites for hydroxylation is 1. The summed E-state index contributed by atoms with van der Waals surface area (Å²) in [6, 6.07) is 16.9. The van der Waals surface area contributed by atoms with Gasteiger partial charge >= 0.3 is 0 Å². The molecule has 11 heteroatoms. The van der Waals surface area contributed by atoms with Gasteiger partial charge in [-0.15, -0.1) is 0 Å². The second-order valence-electron chi connectivity index (χ2n) is 7.14. The van der Waals surface area contributed by atoms with Crippen LogP contribution in [0.5, 0.6) is 0 Å². The Balaban J connectivity index is 1.38. The summed E-state index contributed by atoms with van der Waals surface area (Å²) in [5.74, 6) is 0.738. The average molecular weight is 493 g/mol. The minimum Gasteiger partial charge on any atom is -0.340 e. The van der Waals surface area contributed by atoms with E-state index < -0.39 is 10.0 Å². The number of thioether (sulfide) groups is 1. The standard InChI is InChI=1S/C23H20N6O3S2/c1-16-13-25-22(26-14-16)29-34(31,32)19-9-7-18(8-10-19)27-21-11-12-24-23(28-21)33-15-20(30)17-5-3-2-4-6-17/h2-14H,15H2,1H3,(H,24,27,28)(H,25,26,29). The lowest BCUT2D eigenvalue weighted by atomic mass is 10.2. The average Bonchev–Trinajstić information content (AvgIpc) is 2.85. The number of anilines is 3. The monoisotopic (exact) mass is 492 g/mol. The first-order valence-corrected chi connectivity index (χ1v) is 12.6. The van der Waals surface area contributed by atoms with E-state index in [0.29, 0.717) is 22.2 Å². The summed E-state index contributed by atoms with van der Waals surface area (Å²) in [6.45, 7) is 1.81. The molecule has 0 saturated carbocycles. The van der Waals surface area contributed by atoms with Gasteiger partial charge in [0.25, 0.3) is 10.0 Å². The van der Waals surface area contributed by atoms with Crippen molar-refractivity contribution in [3.63, 3.8) is 0 Å². The Morgan fingerprint density at radius 2 is 1.65 bits per heavy atom. The summed E-state index contributed by atoms with van der Waals surface area (Å²) in [4.78, 5) is 28.9. The molecule has 2 aromatic carbocycles. The Hall–Kier alpha value is -3.83. The molecule has 4 rings (SSSR count). The molecular weight excluding hydrogens is 472 g/mol. The molecule has 0 bridgehead atoms. The highest BCUT2D eigenvalue weighted by Crippen LogP contribution is 2.21. The molecule has 2 N–H and O–H groups in total. The van der Waals surface area contributed by atoms with E-state index in [1.807, 2.05) is 25.1 Å². The summed E-state index contributed by atoms with van der Waals surface area (Å²) in [5, 5.41) is 3.56. The maximum atomic E-state index is 12.6. The number of aromatic nitrogens is 4. The Morgan fingerprint density at radius 3 is 2.35 bits per heavy atom. The summed E-state index contributed by atoms with van der Waals surface area (Å²) < 4.78 is 27.5. The zero-order valence-electron chi connectivity index (χ0n) is 18.0. The number of hydrogen-bond donors (Lipinski definition) is 2. The van der Waals surface area contributed by atoms with Crippen molar-refractivity contribution in [1.29, 1.82) is 0 Å². The van der Waals surface area contributed by atoms with Gasteiger partial charge in [0.1, 0.15) is 5.82 Å². The third-order valence-corrected chi connectivity index (χ3v) is 6.71. The maximum Gasteiger partial charge on any atom is 0.264 e. The van der Waals surface area contributed by atoms with Crippen LogP contribution in [0.2, 0.25) is 0 Å². The van der Waals surface area contributed by atoms with Crippen LogP contribution in [0, 0.1) is 6.92 Å². The molecule has 0 radical (unpaired) electrons. The van der Waals surface area contributed by atoms with Crippen molar-refractivity contribution >= 4 is 45.0 Å². The van der Waals surface area contributed by atoms with Crippen molar-refractivity contribution in [2.24, 2.45) is 0 Å². The first kappa shape index (κ1) is 23.3. The molecule has 2 heterocycles. The van der Waals surface area contributed by atoms with E-state index in [2.05, 4.69) is 30.0 Å². The molecule has 0 aliphatic heterocycles. The zero-order chi connectivity index (χ0) is 24.0. The highest BCUT2D eigenvalue weighted by molar-refractivity contribution is 7.99. The number of carbonyl (C=O) groups excluding carboxylic acids is 1. The molecule has 9 nitrogen and oxygen atoms in total. The number of ketones is 1. The molecule has 0 aliphatic rings. The van der Waals surface area contributed by atoms with Gasteiger partial charge in [0.15, 0.2) is 10.9 Å². The molecule has 34 heavy (non-hydrogen) atoms. The van der Waals surface area contributed by atoms with Crippen LogP contribution in [0.15, 0.2) is 89.3 Å². The normalized spacial score (nSPS) is 11.1. The van der Waals surface area contributed by atoms with E-state index >= 15 is 0 Å². The van der Waals surface area contributed by atoms with E-state index in [1.165, 1.54) is 36.3 Å². The Morgan fingerprint density at radius 1 is 0.941 bits per heavy atom. The van der Waals surface area contributed by atoms with Crippen molar-refractivity contribution < 1.29 is 13.2 Å². The van der Waals surface area contributed by atoms with Gasteiger partial charge in [0, 0.05) is 29.8 Å². The Labute approximate surface area is 201 Å². The number of rotatable bonds is 9. The lowest BCUT2D eigenvalue weighted by Crippen LogP contribution is -2.15. The molecule has 0 unspecified atom stereocenters. The quantitative estimate of drug-likeness (QED) is 0.202. The van der Waals surface area contributed by atoms with Gasteiger partial charge in [-0.05, 0) is 42.8 Å². The predicted molar refractivity (Wildman–Crippen MR) is 131 cm³/mol. The topological polar surface area (TPSA) is 127 Å². The number of nitrogens with zero attached hydrogens (tertiary/aromatic N) is 4.